The Morgan fingerprint density at radius 3 is 3.00 bits per heavy atom. The lowest BCUT2D eigenvalue weighted by molar-refractivity contribution is -0.383. The number of rotatable bonds is 6. The maximum atomic E-state index is 11.4. The third-order valence-electron chi connectivity index (χ3n) is 3.42. The molecule has 1 aliphatic rings. The summed E-state index contributed by atoms with van der Waals surface area (Å²) in [6.45, 7) is 6.43. The first kappa shape index (κ1) is 15.4. The minimum Gasteiger partial charge on any atom is -0.375 e. The molecule has 0 spiro atoms. The molecule has 2 rings (SSSR count). The predicted molar refractivity (Wildman–Crippen MR) is 79.7 cm³/mol. The van der Waals surface area contributed by atoms with Crippen molar-refractivity contribution < 1.29 is 9.66 Å². The van der Waals surface area contributed by atoms with Crippen LogP contribution in [0.25, 0.3) is 0 Å². The number of aromatic nitrogens is 2. The third kappa shape index (κ3) is 3.57. The average molecular weight is 295 g/mol. The van der Waals surface area contributed by atoms with Crippen molar-refractivity contribution in [3.05, 3.63) is 16.4 Å². The molecule has 116 valence electrons. The lowest BCUT2D eigenvalue weighted by atomic mass is 10.2. The minimum absolute atomic E-state index is 0.0531. The summed E-state index contributed by atoms with van der Waals surface area (Å²) in [6, 6.07) is 0. The molecule has 8 heteroatoms. The Kier molecular flexibility index (Phi) is 5.26. The van der Waals surface area contributed by atoms with Gasteiger partial charge in [0.1, 0.15) is 6.33 Å². The van der Waals surface area contributed by atoms with Gasteiger partial charge >= 0.3 is 5.69 Å². The Hall–Kier alpha value is -1.96. The SMILES string of the molecule is CCCNc1ncnc(N2CCOC(CC)C2)c1[N+](=O)[O-]. The van der Waals surface area contributed by atoms with Crippen molar-refractivity contribution in [1.29, 1.82) is 0 Å². The molecule has 0 saturated carbocycles. The van der Waals surface area contributed by atoms with Crippen molar-refractivity contribution in [2.75, 3.05) is 36.5 Å². The third-order valence-corrected chi connectivity index (χ3v) is 3.42. The normalized spacial score (nSPS) is 18.6. The lowest BCUT2D eigenvalue weighted by Gasteiger charge is -2.32. The van der Waals surface area contributed by atoms with E-state index in [0.29, 0.717) is 32.1 Å². The second-order valence-electron chi connectivity index (χ2n) is 4.93. The molecule has 0 aliphatic carbocycles. The Bertz CT molecular complexity index is 497. The molecule has 1 fully saturated rings. The molecular weight excluding hydrogens is 274 g/mol. The smallest absolute Gasteiger partial charge is 0.353 e. The highest BCUT2D eigenvalue weighted by Gasteiger charge is 2.30. The van der Waals surface area contributed by atoms with Crippen LogP contribution in [-0.4, -0.2) is 47.2 Å². The molecule has 2 heterocycles. The molecule has 1 N–H and O–H groups in total. The molecule has 0 aromatic carbocycles. The summed E-state index contributed by atoms with van der Waals surface area (Å²) < 4.78 is 5.60. The zero-order valence-electron chi connectivity index (χ0n) is 12.4. The topological polar surface area (TPSA) is 93.4 Å². The number of ether oxygens (including phenoxy) is 1. The number of hydrogen-bond acceptors (Lipinski definition) is 7. The molecule has 1 aromatic heterocycles. The maximum Gasteiger partial charge on any atom is 0.353 e. The molecule has 0 amide bonds. The van der Waals surface area contributed by atoms with E-state index < -0.39 is 4.92 Å². The molecule has 0 radical (unpaired) electrons. The van der Waals surface area contributed by atoms with E-state index in [2.05, 4.69) is 15.3 Å². The van der Waals surface area contributed by atoms with Crippen molar-refractivity contribution in [3.8, 4) is 0 Å². The van der Waals surface area contributed by atoms with Crippen LogP contribution < -0.4 is 10.2 Å². The highest BCUT2D eigenvalue weighted by atomic mass is 16.6. The molecule has 1 atom stereocenters. The van der Waals surface area contributed by atoms with E-state index in [9.17, 15) is 10.1 Å². The molecule has 1 unspecified atom stereocenters. The molecule has 1 saturated heterocycles. The van der Waals surface area contributed by atoms with Gasteiger partial charge in [-0.05, 0) is 12.8 Å². The summed E-state index contributed by atoms with van der Waals surface area (Å²) in [6.07, 6.45) is 3.19. The van der Waals surface area contributed by atoms with Crippen LogP contribution in [0.5, 0.6) is 0 Å². The number of nitro groups is 1. The number of hydrogen-bond donors (Lipinski definition) is 1. The highest BCUT2D eigenvalue weighted by molar-refractivity contribution is 5.70. The minimum atomic E-state index is -0.413. The van der Waals surface area contributed by atoms with E-state index in [-0.39, 0.29) is 17.6 Å². The quantitative estimate of drug-likeness (QED) is 0.632. The van der Waals surface area contributed by atoms with Crippen LogP contribution in [0.15, 0.2) is 6.33 Å². The second-order valence-corrected chi connectivity index (χ2v) is 4.93. The van der Waals surface area contributed by atoms with Crippen molar-refractivity contribution in [2.45, 2.75) is 32.8 Å². The van der Waals surface area contributed by atoms with Crippen molar-refractivity contribution >= 4 is 17.3 Å². The van der Waals surface area contributed by atoms with Crippen LogP contribution in [-0.2, 0) is 4.74 Å². The highest BCUT2D eigenvalue weighted by Crippen LogP contribution is 2.32. The summed E-state index contributed by atoms with van der Waals surface area (Å²) in [5, 5.41) is 14.4. The van der Waals surface area contributed by atoms with Crippen LogP contribution in [0.2, 0.25) is 0 Å². The van der Waals surface area contributed by atoms with Gasteiger partial charge < -0.3 is 15.0 Å². The Morgan fingerprint density at radius 2 is 2.33 bits per heavy atom. The molecule has 1 aliphatic heterocycles. The van der Waals surface area contributed by atoms with Gasteiger partial charge in [0, 0.05) is 19.6 Å². The second kappa shape index (κ2) is 7.16. The van der Waals surface area contributed by atoms with E-state index in [1.54, 1.807) is 0 Å². The summed E-state index contributed by atoms with van der Waals surface area (Å²) in [5.74, 6) is 0.654. The lowest BCUT2D eigenvalue weighted by Crippen LogP contribution is -2.43. The van der Waals surface area contributed by atoms with E-state index in [1.807, 2.05) is 18.7 Å². The first-order valence-corrected chi connectivity index (χ1v) is 7.27. The average Bonchev–Trinajstić information content (AvgIpc) is 2.52. The van der Waals surface area contributed by atoms with E-state index in [1.165, 1.54) is 6.33 Å². The summed E-state index contributed by atoms with van der Waals surface area (Å²) >= 11 is 0. The van der Waals surface area contributed by atoms with E-state index >= 15 is 0 Å². The van der Waals surface area contributed by atoms with Crippen LogP contribution >= 0.6 is 0 Å². The first-order chi connectivity index (χ1) is 10.2. The molecule has 21 heavy (non-hydrogen) atoms. The summed E-state index contributed by atoms with van der Waals surface area (Å²) in [4.78, 5) is 21.1. The van der Waals surface area contributed by atoms with E-state index in [4.69, 9.17) is 4.74 Å². The predicted octanol–water partition coefficient (Wildman–Crippen LogP) is 1.82. The fourth-order valence-electron chi connectivity index (χ4n) is 2.30. The van der Waals surface area contributed by atoms with Gasteiger partial charge in [0.25, 0.3) is 0 Å². The van der Waals surface area contributed by atoms with Crippen LogP contribution in [0.3, 0.4) is 0 Å². The van der Waals surface area contributed by atoms with Gasteiger partial charge in [0.15, 0.2) is 0 Å². The Morgan fingerprint density at radius 1 is 1.52 bits per heavy atom. The number of nitrogens with one attached hydrogen (secondary N) is 1. The standard InChI is InChI=1S/C13H21N5O3/c1-3-5-14-12-11(18(19)20)13(16-9-15-12)17-6-7-21-10(4-2)8-17/h9-10H,3-8H2,1-2H3,(H,14,15,16). The summed E-state index contributed by atoms with van der Waals surface area (Å²) in [5.41, 5.74) is -0.0531. The van der Waals surface area contributed by atoms with Gasteiger partial charge in [-0.25, -0.2) is 9.97 Å². The van der Waals surface area contributed by atoms with Crippen LogP contribution in [0.1, 0.15) is 26.7 Å². The van der Waals surface area contributed by atoms with Gasteiger partial charge in [0.05, 0.1) is 17.6 Å². The molecule has 0 bridgehead atoms. The fraction of sp³-hybridized carbons (Fsp3) is 0.692. The van der Waals surface area contributed by atoms with Gasteiger partial charge in [-0.1, -0.05) is 13.8 Å². The monoisotopic (exact) mass is 295 g/mol. The fourth-order valence-corrected chi connectivity index (χ4v) is 2.30. The maximum absolute atomic E-state index is 11.4. The molecule has 1 aromatic rings. The zero-order chi connectivity index (χ0) is 15.2. The van der Waals surface area contributed by atoms with Crippen LogP contribution in [0, 0.1) is 10.1 Å². The largest absolute Gasteiger partial charge is 0.375 e. The van der Waals surface area contributed by atoms with Gasteiger partial charge in [-0.15, -0.1) is 0 Å². The van der Waals surface area contributed by atoms with Gasteiger partial charge in [0.2, 0.25) is 11.6 Å². The number of morpholine rings is 1. The van der Waals surface area contributed by atoms with Crippen molar-refractivity contribution in [2.24, 2.45) is 0 Å². The van der Waals surface area contributed by atoms with E-state index in [0.717, 1.165) is 12.8 Å². The van der Waals surface area contributed by atoms with Gasteiger partial charge in [-0.3, -0.25) is 10.1 Å². The first-order valence-electron chi connectivity index (χ1n) is 7.27. The number of anilines is 2. The van der Waals surface area contributed by atoms with Gasteiger partial charge in [-0.2, -0.15) is 0 Å². The Labute approximate surface area is 123 Å². The molecular formula is C13H21N5O3. The van der Waals surface area contributed by atoms with Crippen LogP contribution in [0.4, 0.5) is 17.3 Å². The summed E-state index contributed by atoms with van der Waals surface area (Å²) in [7, 11) is 0. The Balaban J connectivity index is 2.31. The zero-order valence-corrected chi connectivity index (χ0v) is 12.4. The molecule has 8 nitrogen and oxygen atoms in total. The van der Waals surface area contributed by atoms with Crippen molar-refractivity contribution in [1.82, 2.24) is 9.97 Å². The van der Waals surface area contributed by atoms with Crippen molar-refractivity contribution in [3.63, 3.8) is 0 Å². The number of nitrogens with zero attached hydrogens (tertiary/aromatic N) is 4.